The summed E-state index contributed by atoms with van der Waals surface area (Å²) in [5.74, 6) is 1.68. The fourth-order valence-electron chi connectivity index (χ4n) is 3.30. The molecule has 1 N–H and O–H groups in total. The molecule has 124 valence electrons. The minimum atomic E-state index is -0.0220. The van der Waals surface area contributed by atoms with Gasteiger partial charge in [0.25, 0.3) is 5.91 Å². The first-order chi connectivity index (χ1) is 11.6. The predicted molar refractivity (Wildman–Crippen MR) is 92.5 cm³/mol. The maximum absolute atomic E-state index is 12.5. The molecule has 0 radical (unpaired) electrons. The fourth-order valence-corrected chi connectivity index (χ4v) is 4.82. The molecule has 6 heteroatoms. The number of phenolic OH excluding ortho intramolecular Hbond substituents is 1. The monoisotopic (exact) mass is 342 g/mol. The quantitative estimate of drug-likeness (QED) is 0.929. The molecule has 0 unspecified atom stereocenters. The lowest BCUT2D eigenvalue weighted by atomic mass is 9.92. The van der Waals surface area contributed by atoms with Crippen molar-refractivity contribution in [1.82, 2.24) is 9.88 Å². The van der Waals surface area contributed by atoms with Gasteiger partial charge in [-0.2, -0.15) is 0 Å². The number of nitrogens with zero attached hydrogens (tertiary/aromatic N) is 2. The number of carbonyl (C=O) groups is 1. The smallest absolute Gasteiger partial charge is 0.254 e. The zero-order valence-electron chi connectivity index (χ0n) is 13.1. The maximum atomic E-state index is 12.5. The third kappa shape index (κ3) is 2.94. The van der Waals surface area contributed by atoms with Gasteiger partial charge in [-0.15, -0.1) is 11.8 Å². The van der Waals surface area contributed by atoms with Crippen molar-refractivity contribution in [3.8, 4) is 11.6 Å². The van der Waals surface area contributed by atoms with Gasteiger partial charge in [-0.3, -0.25) is 4.79 Å². The average molecular weight is 342 g/mol. The predicted octanol–water partition coefficient (Wildman–Crippen LogP) is 2.57. The number of phenols is 1. The Labute approximate surface area is 144 Å². The Hall–Kier alpha value is -2.21. The Morgan fingerprint density at radius 2 is 2.17 bits per heavy atom. The summed E-state index contributed by atoms with van der Waals surface area (Å²) >= 11 is 1.88. The van der Waals surface area contributed by atoms with Crippen LogP contribution in [0, 0.1) is 0 Å². The van der Waals surface area contributed by atoms with Crippen LogP contribution in [0.25, 0.3) is 0 Å². The largest absolute Gasteiger partial charge is 0.508 e. The molecule has 1 aromatic heterocycles. The molecule has 2 fully saturated rings. The SMILES string of the molecule is O=C(c1cccc(O)c1)N1CC2(C[C@H](Oc3ccccn3)CS2)C1. The number of thioether (sulfide) groups is 1. The molecular formula is C18H18N2O3S. The van der Waals surface area contributed by atoms with Crippen molar-refractivity contribution >= 4 is 17.7 Å². The summed E-state index contributed by atoms with van der Waals surface area (Å²) in [4.78, 5) is 18.5. The molecule has 2 aliphatic rings. The second-order valence-electron chi connectivity index (χ2n) is 6.32. The van der Waals surface area contributed by atoms with Gasteiger partial charge in [-0.05, 0) is 24.3 Å². The second-order valence-corrected chi connectivity index (χ2v) is 7.81. The number of likely N-dealkylation sites (tertiary alicyclic amines) is 1. The van der Waals surface area contributed by atoms with Crippen molar-refractivity contribution in [3.05, 3.63) is 54.2 Å². The number of aromatic nitrogens is 1. The van der Waals surface area contributed by atoms with Crippen LogP contribution in [-0.2, 0) is 0 Å². The van der Waals surface area contributed by atoms with Gasteiger partial charge in [-0.1, -0.05) is 12.1 Å². The van der Waals surface area contributed by atoms with Crippen LogP contribution in [0.3, 0.4) is 0 Å². The van der Waals surface area contributed by atoms with Crippen LogP contribution in [0.4, 0.5) is 0 Å². The lowest BCUT2D eigenvalue weighted by Crippen LogP contribution is -2.60. The number of hydrogen-bond donors (Lipinski definition) is 1. The van der Waals surface area contributed by atoms with Crippen LogP contribution in [0.5, 0.6) is 11.6 Å². The lowest BCUT2D eigenvalue weighted by molar-refractivity contribution is 0.0515. The number of ether oxygens (including phenoxy) is 1. The first kappa shape index (κ1) is 15.3. The summed E-state index contributed by atoms with van der Waals surface area (Å²) < 4.78 is 6.04. The molecule has 1 atom stereocenters. The Morgan fingerprint density at radius 1 is 1.29 bits per heavy atom. The molecular weight excluding hydrogens is 324 g/mol. The fraction of sp³-hybridized carbons (Fsp3) is 0.333. The molecule has 0 saturated carbocycles. The highest BCUT2D eigenvalue weighted by Crippen LogP contribution is 2.46. The summed E-state index contributed by atoms with van der Waals surface area (Å²) in [5, 5.41) is 9.52. The van der Waals surface area contributed by atoms with Crippen LogP contribution in [0.2, 0.25) is 0 Å². The van der Waals surface area contributed by atoms with Crippen molar-refractivity contribution in [2.24, 2.45) is 0 Å². The summed E-state index contributed by atoms with van der Waals surface area (Å²) in [6, 6.07) is 12.2. The van der Waals surface area contributed by atoms with E-state index in [1.165, 1.54) is 6.07 Å². The zero-order chi connectivity index (χ0) is 16.6. The summed E-state index contributed by atoms with van der Waals surface area (Å²) in [5.41, 5.74) is 0.536. The van der Waals surface area contributed by atoms with E-state index < -0.39 is 0 Å². The Kier molecular flexibility index (Phi) is 3.84. The molecule has 1 amide bonds. The molecule has 3 heterocycles. The second kappa shape index (κ2) is 6.02. The van der Waals surface area contributed by atoms with Crippen LogP contribution < -0.4 is 4.74 Å². The molecule has 2 aliphatic heterocycles. The summed E-state index contributed by atoms with van der Waals surface area (Å²) in [6.45, 7) is 1.46. The van der Waals surface area contributed by atoms with E-state index in [1.807, 2.05) is 34.9 Å². The Morgan fingerprint density at radius 3 is 2.92 bits per heavy atom. The number of rotatable bonds is 3. The van der Waals surface area contributed by atoms with Gasteiger partial charge in [0.2, 0.25) is 5.88 Å². The highest BCUT2D eigenvalue weighted by atomic mass is 32.2. The molecule has 24 heavy (non-hydrogen) atoms. The first-order valence-corrected chi connectivity index (χ1v) is 8.92. The van der Waals surface area contributed by atoms with Crippen molar-refractivity contribution in [3.63, 3.8) is 0 Å². The number of pyridine rings is 1. The molecule has 0 aliphatic carbocycles. The molecule has 0 bridgehead atoms. The number of hydrogen-bond acceptors (Lipinski definition) is 5. The van der Waals surface area contributed by atoms with Gasteiger partial charge in [0.1, 0.15) is 11.9 Å². The molecule has 5 nitrogen and oxygen atoms in total. The molecule has 1 aromatic carbocycles. The van der Waals surface area contributed by atoms with E-state index in [0.29, 0.717) is 11.4 Å². The van der Waals surface area contributed by atoms with Crippen LogP contribution in [0.15, 0.2) is 48.7 Å². The minimum Gasteiger partial charge on any atom is -0.508 e. The van der Waals surface area contributed by atoms with Crippen molar-refractivity contribution in [1.29, 1.82) is 0 Å². The zero-order valence-corrected chi connectivity index (χ0v) is 13.9. The van der Waals surface area contributed by atoms with Gasteiger partial charge in [-0.25, -0.2) is 4.98 Å². The summed E-state index contributed by atoms with van der Waals surface area (Å²) in [7, 11) is 0. The highest BCUT2D eigenvalue weighted by Gasteiger charge is 2.51. The number of carbonyl (C=O) groups excluding carboxylic acids is 1. The molecule has 2 aromatic rings. The third-order valence-corrected chi connectivity index (χ3v) is 6.01. The van der Waals surface area contributed by atoms with Crippen LogP contribution in [-0.4, -0.2) is 50.6 Å². The van der Waals surface area contributed by atoms with Gasteiger partial charge in [0.15, 0.2) is 0 Å². The topological polar surface area (TPSA) is 62.7 Å². The minimum absolute atomic E-state index is 0.0220. The van der Waals surface area contributed by atoms with Gasteiger partial charge < -0.3 is 14.7 Å². The van der Waals surface area contributed by atoms with E-state index in [2.05, 4.69) is 4.98 Å². The molecule has 2 saturated heterocycles. The number of amides is 1. The lowest BCUT2D eigenvalue weighted by Gasteiger charge is -2.47. The van der Waals surface area contributed by atoms with Gasteiger partial charge >= 0.3 is 0 Å². The van der Waals surface area contributed by atoms with Gasteiger partial charge in [0, 0.05) is 43.1 Å². The standard InChI is InChI=1S/C18H18N2O3S/c21-14-5-3-4-13(8-14)17(22)20-11-18(12-20)9-15(10-24-18)23-16-6-1-2-7-19-16/h1-8,15,21H,9-12H2/t15-/m0/s1. The van der Waals surface area contributed by atoms with Crippen molar-refractivity contribution in [2.45, 2.75) is 17.3 Å². The van der Waals surface area contributed by atoms with E-state index in [9.17, 15) is 9.90 Å². The molecule has 4 rings (SSSR count). The average Bonchev–Trinajstić information content (AvgIpc) is 2.98. The third-order valence-electron chi connectivity index (χ3n) is 4.44. The van der Waals surface area contributed by atoms with Gasteiger partial charge in [0.05, 0.1) is 4.75 Å². The summed E-state index contributed by atoms with van der Waals surface area (Å²) in [6.07, 6.45) is 2.80. The van der Waals surface area contributed by atoms with Crippen LogP contribution >= 0.6 is 11.8 Å². The first-order valence-electron chi connectivity index (χ1n) is 7.94. The molecule has 1 spiro atoms. The van der Waals surface area contributed by atoms with E-state index in [0.717, 1.165) is 25.3 Å². The highest BCUT2D eigenvalue weighted by molar-refractivity contribution is 8.01. The normalized spacial score (nSPS) is 21.5. The maximum Gasteiger partial charge on any atom is 0.254 e. The Balaban J connectivity index is 1.34. The van der Waals surface area contributed by atoms with E-state index in [1.54, 1.807) is 24.4 Å². The number of aromatic hydroxyl groups is 1. The van der Waals surface area contributed by atoms with E-state index in [4.69, 9.17) is 4.74 Å². The Bertz CT molecular complexity index is 747. The van der Waals surface area contributed by atoms with Crippen molar-refractivity contribution < 1.29 is 14.6 Å². The van der Waals surface area contributed by atoms with E-state index >= 15 is 0 Å². The number of benzene rings is 1. The van der Waals surface area contributed by atoms with E-state index in [-0.39, 0.29) is 22.5 Å². The van der Waals surface area contributed by atoms with Crippen LogP contribution in [0.1, 0.15) is 16.8 Å². The van der Waals surface area contributed by atoms with Crippen molar-refractivity contribution in [2.75, 3.05) is 18.8 Å².